The highest BCUT2D eigenvalue weighted by molar-refractivity contribution is 5.84. The van der Waals surface area contributed by atoms with Crippen molar-refractivity contribution in [2.24, 2.45) is 0 Å². The van der Waals surface area contributed by atoms with E-state index in [0.29, 0.717) is 5.76 Å². The maximum Gasteiger partial charge on any atom is 0.207 e. The molecular weight excluding hydrogens is 210 g/mol. The van der Waals surface area contributed by atoms with Gasteiger partial charge < -0.3 is 4.42 Å². The SMILES string of the molecule is CCc1c(C#N)oc2ccc(C(C)(C)C)cc12. The maximum absolute atomic E-state index is 9.04. The molecule has 2 aromatic rings. The Morgan fingerprint density at radius 3 is 2.53 bits per heavy atom. The third-order valence-electron chi connectivity index (χ3n) is 3.11. The topological polar surface area (TPSA) is 36.9 Å². The van der Waals surface area contributed by atoms with Crippen LogP contribution in [0.2, 0.25) is 0 Å². The van der Waals surface area contributed by atoms with Crippen LogP contribution in [-0.4, -0.2) is 0 Å². The minimum absolute atomic E-state index is 0.114. The second-order valence-electron chi connectivity index (χ2n) is 5.34. The predicted molar refractivity (Wildman–Crippen MR) is 69.0 cm³/mol. The summed E-state index contributed by atoms with van der Waals surface area (Å²) in [6.07, 6.45) is 0.823. The van der Waals surface area contributed by atoms with Gasteiger partial charge in [-0.3, -0.25) is 0 Å². The molecule has 0 unspecified atom stereocenters. The number of fused-ring (bicyclic) bond motifs is 1. The van der Waals surface area contributed by atoms with Crippen molar-refractivity contribution in [1.29, 1.82) is 5.26 Å². The van der Waals surface area contributed by atoms with Crippen LogP contribution < -0.4 is 0 Å². The van der Waals surface area contributed by atoms with Gasteiger partial charge in [0, 0.05) is 10.9 Å². The molecule has 2 rings (SSSR count). The lowest BCUT2D eigenvalue weighted by atomic mass is 9.86. The highest BCUT2D eigenvalue weighted by Crippen LogP contribution is 2.31. The van der Waals surface area contributed by atoms with Gasteiger partial charge in [0.1, 0.15) is 11.7 Å². The maximum atomic E-state index is 9.04. The summed E-state index contributed by atoms with van der Waals surface area (Å²) in [5.41, 5.74) is 3.22. The van der Waals surface area contributed by atoms with Crippen LogP contribution in [0.3, 0.4) is 0 Å². The molecule has 0 fully saturated rings. The minimum atomic E-state index is 0.114. The van der Waals surface area contributed by atoms with E-state index in [-0.39, 0.29) is 5.41 Å². The van der Waals surface area contributed by atoms with E-state index in [1.165, 1.54) is 5.56 Å². The van der Waals surface area contributed by atoms with Gasteiger partial charge in [-0.25, -0.2) is 0 Å². The Labute approximate surface area is 102 Å². The van der Waals surface area contributed by atoms with Crippen LogP contribution in [0.15, 0.2) is 22.6 Å². The molecule has 0 bridgehead atoms. The van der Waals surface area contributed by atoms with Gasteiger partial charge in [-0.2, -0.15) is 5.26 Å². The highest BCUT2D eigenvalue weighted by Gasteiger charge is 2.17. The van der Waals surface area contributed by atoms with Crippen LogP contribution in [0.25, 0.3) is 11.0 Å². The lowest BCUT2D eigenvalue weighted by Crippen LogP contribution is -2.10. The fourth-order valence-corrected chi connectivity index (χ4v) is 2.06. The summed E-state index contributed by atoms with van der Waals surface area (Å²) in [7, 11) is 0. The number of aryl methyl sites for hydroxylation is 1. The smallest absolute Gasteiger partial charge is 0.207 e. The second-order valence-corrected chi connectivity index (χ2v) is 5.34. The van der Waals surface area contributed by atoms with Gasteiger partial charge in [0.15, 0.2) is 0 Å². The molecule has 0 aliphatic carbocycles. The van der Waals surface area contributed by atoms with Gasteiger partial charge >= 0.3 is 0 Å². The highest BCUT2D eigenvalue weighted by atomic mass is 16.3. The summed E-state index contributed by atoms with van der Waals surface area (Å²) < 4.78 is 5.55. The minimum Gasteiger partial charge on any atom is -0.445 e. The Morgan fingerprint density at radius 2 is 2.00 bits per heavy atom. The Morgan fingerprint density at radius 1 is 1.29 bits per heavy atom. The number of hydrogen-bond donors (Lipinski definition) is 0. The van der Waals surface area contributed by atoms with Crippen molar-refractivity contribution >= 4 is 11.0 Å². The fourth-order valence-electron chi connectivity index (χ4n) is 2.06. The lowest BCUT2D eigenvalue weighted by Gasteiger charge is -2.18. The van der Waals surface area contributed by atoms with E-state index in [2.05, 4.69) is 45.9 Å². The van der Waals surface area contributed by atoms with Crippen molar-refractivity contribution in [3.8, 4) is 6.07 Å². The Kier molecular flexibility index (Phi) is 2.71. The third kappa shape index (κ3) is 1.93. The molecule has 0 atom stereocenters. The van der Waals surface area contributed by atoms with Crippen molar-refractivity contribution < 1.29 is 4.42 Å². The molecule has 1 heterocycles. The fraction of sp³-hybridized carbons (Fsp3) is 0.400. The normalized spacial score (nSPS) is 11.7. The summed E-state index contributed by atoms with van der Waals surface area (Å²) in [6, 6.07) is 8.32. The molecule has 2 heteroatoms. The number of nitrogens with zero attached hydrogens (tertiary/aromatic N) is 1. The molecule has 0 aliphatic rings. The zero-order valence-electron chi connectivity index (χ0n) is 10.8. The van der Waals surface area contributed by atoms with Crippen molar-refractivity contribution in [3.05, 3.63) is 35.1 Å². The monoisotopic (exact) mass is 227 g/mol. The first kappa shape index (κ1) is 11.7. The molecule has 0 spiro atoms. The predicted octanol–water partition coefficient (Wildman–Crippen LogP) is 4.16. The summed E-state index contributed by atoms with van der Waals surface area (Å²) >= 11 is 0. The first-order valence-corrected chi connectivity index (χ1v) is 5.93. The Balaban J connectivity index is 2.73. The molecule has 0 N–H and O–H groups in total. The third-order valence-corrected chi connectivity index (χ3v) is 3.11. The Hall–Kier alpha value is -1.75. The number of benzene rings is 1. The molecule has 2 nitrogen and oxygen atoms in total. The van der Waals surface area contributed by atoms with E-state index in [0.717, 1.165) is 23.0 Å². The van der Waals surface area contributed by atoms with Gasteiger partial charge in [-0.05, 0) is 29.5 Å². The molecule has 1 aromatic carbocycles. The molecule has 0 aliphatic heterocycles. The molecular formula is C15H17NO. The number of furan rings is 1. The molecule has 88 valence electrons. The van der Waals surface area contributed by atoms with Crippen molar-refractivity contribution in [3.63, 3.8) is 0 Å². The molecule has 1 aromatic heterocycles. The lowest BCUT2D eigenvalue weighted by molar-refractivity contribution is 0.586. The van der Waals surface area contributed by atoms with Gasteiger partial charge in [-0.15, -0.1) is 0 Å². The number of hydrogen-bond acceptors (Lipinski definition) is 2. The zero-order chi connectivity index (χ0) is 12.6. The van der Waals surface area contributed by atoms with Gasteiger partial charge in [0.25, 0.3) is 0 Å². The summed E-state index contributed by atoms with van der Waals surface area (Å²) in [5, 5.41) is 10.1. The second kappa shape index (κ2) is 3.92. The van der Waals surface area contributed by atoms with E-state index in [9.17, 15) is 0 Å². The summed E-state index contributed by atoms with van der Waals surface area (Å²) in [5.74, 6) is 0.452. The van der Waals surface area contributed by atoms with E-state index < -0.39 is 0 Å². The molecule has 0 amide bonds. The summed E-state index contributed by atoms with van der Waals surface area (Å²) in [4.78, 5) is 0. The average molecular weight is 227 g/mol. The van der Waals surface area contributed by atoms with Crippen LogP contribution >= 0.6 is 0 Å². The largest absolute Gasteiger partial charge is 0.445 e. The molecule has 0 saturated heterocycles. The summed E-state index contributed by atoms with van der Waals surface area (Å²) in [6.45, 7) is 8.61. The van der Waals surface area contributed by atoms with E-state index in [1.54, 1.807) is 0 Å². The number of nitriles is 1. The molecule has 17 heavy (non-hydrogen) atoms. The van der Waals surface area contributed by atoms with E-state index >= 15 is 0 Å². The van der Waals surface area contributed by atoms with Crippen LogP contribution in [0.5, 0.6) is 0 Å². The molecule has 0 saturated carbocycles. The average Bonchev–Trinajstić information content (AvgIpc) is 2.64. The van der Waals surface area contributed by atoms with Crippen molar-refractivity contribution in [1.82, 2.24) is 0 Å². The van der Waals surface area contributed by atoms with E-state index in [4.69, 9.17) is 9.68 Å². The van der Waals surface area contributed by atoms with Crippen LogP contribution in [0.4, 0.5) is 0 Å². The zero-order valence-corrected chi connectivity index (χ0v) is 10.8. The van der Waals surface area contributed by atoms with Gasteiger partial charge in [0.05, 0.1) is 0 Å². The van der Waals surface area contributed by atoms with Crippen LogP contribution in [-0.2, 0) is 11.8 Å². The van der Waals surface area contributed by atoms with Crippen molar-refractivity contribution in [2.45, 2.75) is 39.5 Å². The van der Waals surface area contributed by atoms with E-state index in [1.807, 2.05) is 6.07 Å². The van der Waals surface area contributed by atoms with Crippen LogP contribution in [0.1, 0.15) is 44.6 Å². The van der Waals surface area contributed by atoms with Crippen LogP contribution in [0, 0.1) is 11.3 Å². The quantitative estimate of drug-likeness (QED) is 0.733. The molecule has 0 radical (unpaired) electrons. The first-order valence-electron chi connectivity index (χ1n) is 5.93. The van der Waals surface area contributed by atoms with Gasteiger partial charge in [-0.1, -0.05) is 33.8 Å². The first-order chi connectivity index (χ1) is 7.97. The van der Waals surface area contributed by atoms with Gasteiger partial charge in [0.2, 0.25) is 5.76 Å². The Bertz CT molecular complexity index is 594. The number of rotatable bonds is 1. The van der Waals surface area contributed by atoms with Crippen molar-refractivity contribution in [2.75, 3.05) is 0 Å². The standard InChI is InChI=1S/C15H17NO/c1-5-11-12-8-10(15(2,3)4)6-7-13(12)17-14(11)9-16/h6-8H,5H2,1-4H3.